The Morgan fingerprint density at radius 2 is 1.96 bits per heavy atom. The van der Waals surface area contributed by atoms with E-state index in [-0.39, 0.29) is 23.3 Å². The molecule has 2 rings (SSSR count). The van der Waals surface area contributed by atoms with Crippen molar-refractivity contribution >= 4 is 17.7 Å². The van der Waals surface area contributed by atoms with Crippen molar-refractivity contribution in [2.45, 2.75) is 17.9 Å². The molecular weight excluding hydrogens is 366 g/mol. The van der Waals surface area contributed by atoms with Crippen LogP contribution in [0, 0.1) is 5.82 Å². The molecule has 136 valence electrons. The first-order valence-electron chi connectivity index (χ1n) is 6.78. The van der Waals surface area contributed by atoms with Gasteiger partial charge in [-0.1, -0.05) is 11.8 Å². The second-order valence-corrected chi connectivity index (χ2v) is 5.63. The summed E-state index contributed by atoms with van der Waals surface area (Å²) in [6, 6.07) is 5.30. The van der Waals surface area contributed by atoms with Gasteiger partial charge in [0.25, 0.3) is 0 Å². The number of carbonyl (C=O) groups is 1. The minimum absolute atomic E-state index is 0.0596. The Kier molecular flexibility index (Phi) is 6.07. The number of halogens is 4. The Labute approximate surface area is 143 Å². The van der Waals surface area contributed by atoms with Gasteiger partial charge in [0.2, 0.25) is 11.1 Å². The van der Waals surface area contributed by atoms with E-state index in [1.54, 1.807) is 5.32 Å². The third-order valence-electron chi connectivity index (χ3n) is 2.74. The van der Waals surface area contributed by atoms with Gasteiger partial charge in [-0.25, -0.2) is 9.07 Å². The lowest BCUT2D eigenvalue weighted by atomic mass is 10.3. The molecule has 25 heavy (non-hydrogen) atoms. The number of hydrogen-bond acceptors (Lipinski definition) is 6. The van der Waals surface area contributed by atoms with E-state index in [9.17, 15) is 22.4 Å². The topological polar surface area (TPSA) is 95.1 Å². The summed E-state index contributed by atoms with van der Waals surface area (Å²) >= 11 is 0.830. The highest BCUT2D eigenvalue weighted by Crippen LogP contribution is 2.17. The van der Waals surface area contributed by atoms with Crippen LogP contribution in [0.15, 0.2) is 29.4 Å². The summed E-state index contributed by atoms with van der Waals surface area (Å²) in [5.74, 6) is 4.84. The number of thioether (sulfide) groups is 1. The smallest absolute Gasteiger partial charge is 0.405 e. The number of amides is 1. The van der Waals surface area contributed by atoms with Crippen molar-refractivity contribution in [2.75, 3.05) is 18.1 Å². The number of aromatic nitrogens is 3. The van der Waals surface area contributed by atoms with Gasteiger partial charge < -0.3 is 15.9 Å². The SMILES string of the molecule is Nn1c(COc2ccc(F)cc2)nnc1SCC(=O)NCC(F)(F)F. The van der Waals surface area contributed by atoms with Crippen molar-refractivity contribution < 1.29 is 27.1 Å². The third-order valence-corrected chi connectivity index (χ3v) is 3.68. The first-order chi connectivity index (χ1) is 11.7. The van der Waals surface area contributed by atoms with Crippen LogP contribution in [0.1, 0.15) is 5.82 Å². The number of benzene rings is 1. The Bertz CT molecular complexity index is 720. The molecule has 1 amide bonds. The van der Waals surface area contributed by atoms with E-state index < -0.39 is 24.4 Å². The summed E-state index contributed by atoms with van der Waals surface area (Å²) in [5, 5.41) is 9.37. The molecule has 3 N–H and O–H groups in total. The van der Waals surface area contributed by atoms with Crippen molar-refractivity contribution in [1.82, 2.24) is 20.2 Å². The zero-order valence-electron chi connectivity index (χ0n) is 12.6. The fourth-order valence-corrected chi connectivity index (χ4v) is 2.27. The summed E-state index contributed by atoms with van der Waals surface area (Å²) in [6.07, 6.45) is -4.47. The van der Waals surface area contributed by atoms with E-state index >= 15 is 0 Å². The molecule has 0 atom stereocenters. The number of rotatable bonds is 7. The number of carbonyl (C=O) groups excluding carboxylic acids is 1. The van der Waals surface area contributed by atoms with E-state index in [0.717, 1.165) is 16.4 Å². The zero-order chi connectivity index (χ0) is 18.4. The first kappa shape index (κ1) is 18.8. The maximum atomic E-state index is 12.8. The molecule has 12 heteroatoms. The van der Waals surface area contributed by atoms with Crippen LogP contribution in [0.2, 0.25) is 0 Å². The fraction of sp³-hybridized carbons (Fsp3) is 0.308. The molecule has 1 aromatic heterocycles. The highest BCUT2D eigenvalue weighted by atomic mass is 32.2. The number of nitrogens with two attached hydrogens (primary N) is 1. The molecule has 0 unspecified atom stereocenters. The predicted molar refractivity (Wildman–Crippen MR) is 80.7 cm³/mol. The van der Waals surface area contributed by atoms with Crippen LogP contribution in [0.3, 0.4) is 0 Å². The molecule has 0 bridgehead atoms. The van der Waals surface area contributed by atoms with Gasteiger partial charge in [0.15, 0.2) is 5.82 Å². The van der Waals surface area contributed by atoms with E-state index in [1.165, 1.54) is 24.3 Å². The van der Waals surface area contributed by atoms with Crippen LogP contribution in [-0.4, -0.2) is 39.3 Å². The highest BCUT2D eigenvalue weighted by molar-refractivity contribution is 7.99. The number of hydrogen-bond donors (Lipinski definition) is 2. The molecule has 0 fully saturated rings. The molecule has 0 aliphatic rings. The standard InChI is InChI=1S/C13H13F4N5O2S/c14-8-1-3-9(4-2-8)24-5-10-20-21-12(22(10)18)25-6-11(23)19-7-13(15,16)17/h1-4H,5-7,18H2,(H,19,23). The average molecular weight is 379 g/mol. The van der Waals surface area contributed by atoms with Crippen molar-refractivity contribution in [3.63, 3.8) is 0 Å². The Morgan fingerprint density at radius 1 is 1.28 bits per heavy atom. The normalized spacial score (nSPS) is 11.4. The summed E-state index contributed by atoms with van der Waals surface area (Å²) in [4.78, 5) is 11.3. The van der Waals surface area contributed by atoms with E-state index in [4.69, 9.17) is 10.6 Å². The van der Waals surface area contributed by atoms with Gasteiger partial charge in [0, 0.05) is 0 Å². The van der Waals surface area contributed by atoms with Gasteiger partial charge in [0.1, 0.15) is 24.7 Å². The Hall–Kier alpha value is -2.50. The van der Waals surface area contributed by atoms with Gasteiger partial charge in [-0.3, -0.25) is 4.79 Å². The Balaban J connectivity index is 1.83. The zero-order valence-corrected chi connectivity index (χ0v) is 13.4. The number of nitrogens with zero attached hydrogens (tertiary/aromatic N) is 3. The summed E-state index contributed by atoms with van der Waals surface area (Å²) in [6.45, 7) is -1.46. The maximum Gasteiger partial charge on any atom is 0.405 e. The quantitative estimate of drug-likeness (QED) is 0.430. The van der Waals surface area contributed by atoms with Gasteiger partial charge in [0.05, 0.1) is 5.75 Å². The van der Waals surface area contributed by atoms with Gasteiger partial charge in [-0.05, 0) is 24.3 Å². The van der Waals surface area contributed by atoms with Crippen LogP contribution in [0.4, 0.5) is 17.6 Å². The van der Waals surface area contributed by atoms with Crippen molar-refractivity contribution in [1.29, 1.82) is 0 Å². The molecule has 0 aliphatic carbocycles. The molecule has 7 nitrogen and oxygen atoms in total. The number of nitrogens with one attached hydrogen (secondary N) is 1. The van der Waals surface area contributed by atoms with Crippen molar-refractivity contribution in [2.24, 2.45) is 0 Å². The second kappa shape index (κ2) is 8.05. The van der Waals surface area contributed by atoms with Gasteiger partial charge in [-0.2, -0.15) is 13.2 Å². The van der Waals surface area contributed by atoms with E-state index in [0.29, 0.717) is 5.75 Å². The predicted octanol–water partition coefficient (Wildman–Crippen LogP) is 1.48. The Morgan fingerprint density at radius 3 is 2.60 bits per heavy atom. The van der Waals surface area contributed by atoms with Crippen molar-refractivity contribution in [3.05, 3.63) is 35.9 Å². The number of alkyl halides is 3. The van der Waals surface area contributed by atoms with Gasteiger partial charge in [-0.15, -0.1) is 10.2 Å². The molecule has 0 saturated carbocycles. The molecule has 2 aromatic rings. The highest BCUT2D eigenvalue weighted by Gasteiger charge is 2.27. The summed E-state index contributed by atoms with van der Waals surface area (Å²) in [7, 11) is 0. The molecule has 1 heterocycles. The van der Waals surface area contributed by atoms with Gasteiger partial charge >= 0.3 is 6.18 Å². The first-order valence-corrected chi connectivity index (χ1v) is 7.77. The number of ether oxygens (including phenoxy) is 1. The summed E-state index contributed by atoms with van der Waals surface area (Å²) < 4.78 is 55.2. The van der Waals surface area contributed by atoms with Crippen LogP contribution >= 0.6 is 11.8 Å². The monoisotopic (exact) mass is 379 g/mol. The van der Waals surface area contributed by atoms with Crippen LogP contribution in [0.5, 0.6) is 5.75 Å². The molecular formula is C13H13F4N5O2S. The molecule has 1 aromatic carbocycles. The minimum atomic E-state index is -4.47. The number of nitrogen functional groups attached to an aromatic ring is 1. The van der Waals surface area contributed by atoms with E-state index in [2.05, 4.69) is 10.2 Å². The fourth-order valence-electron chi connectivity index (χ4n) is 1.56. The van der Waals surface area contributed by atoms with Crippen LogP contribution in [0.25, 0.3) is 0 Å². The molecule has 0 radical (unpaired) electrons. The molecule has 0 spiro atoms. The third kappa shape index (κ3) is 6.14. The summed E-state index contributed by atoms with van der Waals surface area (Å²) in [5.41, 5.74) is 0. The molecule has 0 aliphatic heterocycles. The lowest BCUT2D eigenvalue weighted by Gasteiger charge is -2.08. The average Bonchev–Trinajstić information content (AvgIpc) is 2.90. The maximum absolute atomic E-state index is 12.8. The minimum Gasteiger partial charge on any atom is -0.486 e. The van der Waals surface area contributed by atoms with E-state index in [1.807, 2.05) is 0 Å². The lowest BCUT2D eigenvalue weighted by Crippen LogP contribution is -2.34. The van der Waals surface area contributed by atoms with Crippen LogP contribution in [-0.2, 0) is 11.4 Å². The second-order valence-electron chi connectivity index (χ2n) is 4.69. The molecule has 0 saturated heterocycles. The van der Waals surface area contributed by atoms with Crippen molar-refractivity contribution in [3.8, 4) is 5.75 Å². The van der Waals surface area contributed by atoms with Crippen LogP contribution < -0.4 is 15.9 Å². The largest absolute Gasteiger partial charge is 0.486 e. The lowest BCUT2D eigenvalue weighted by molar-refractivity contribution is -0.136.